The van der Waals surface area contributed by atoms with E-state index in [1.54, 1.807) is 18.3 Å². The Hall–Kier alpha value is -3.65. The van der Waals surface area contributed by atoms with Crippen molar-refractivity contribution in [3.63, 3.8) is 0 Å². The zero-order chi connectivity index (χ0) is 21.0. The summed E-state index contributed by atoms with van der Waals surface area (Å²) in [6.45, 7) is 2.73. The quantitative estimate of drug-likeness (QED) is 0.531. The van der Waals surface area contributed by atoms with Crippen LogP contribution in [0.3, 0.4) is 0 Å². The summed E-state index contributed by atoms with van der Waals surface area (Å²) in [6, 6.07) is 12.2. The van der Waals surface area contributed by atoms with Crippen molar-refractivity contribution >= 4 is 28.5 Å². The van der Waals surface area contributed by atoms with Gasteiger partial charge >= 0.3 is 0 Å². The fourth-order valence-electron chi connectivity index (χ4n) is 3.63. The van der Waals surface area contributed by atoms with Gasteiger partial charge in [0.25, 0.3) is 0 Å². The normalized spacial score (nSPS) is 14.0. The van der Waals surface area contributed by atoms with Crippen LogP contribution < -0.4 is 10.2 Å². The molecular weight excluding hydrogens is 395 g/mol. The molecule has 3 aromatic heterocycles. The molecule has 0 saturated carbocycles. The summed E-state index contributed by atoms with van der Waals surface area (Å²) >= 11 is 0. The SMILES string of the molecule is Fc1cccc(Nc2nc(N3CCOCC3)c3ncc(Cc4cccnc4)cc3n2)c1. The van der Waals surface area contributed by atoms with E-state index in [1.807, 2.05) is 30.6 Å². The number of benzene rings is 1. The molecule has 0 radical (unpaired) electrons. The van der Waals surface area contributed by atoms with Crippen LogP contribution in [0.15, 0.2) is 61.1 Å². The first-order valence-corrected chi connectivity index (χ1v) is 10.2. The maximum Gasteiger partial charge on any atom is 0.229 e. The molecule has 1 fully saturated rings. The molecule has 5 rings (SSSR count). The number of anilines is 3. The monoisotopic (exact) mass is 416 g/mol. The fraction of sp³-hybridized carbons (Fsp3) is 0.217. The Kier molecular flexibility index (Phi) is 5.37. The average Bonchev–Trinajstić information content (AvgIpc) is 2.80. The van der Waals surface area contributed by atoms with Crippen molar-refractivity contribution < 1.29 is 9.13 Å². The minimum Gasteiger partial charge on any atom is -0.378 e. The van der Waals surface area contributed by atoms with Gasteiger partial charge in [0.2, 0.25) is 5.95 Å². The number of rotatable bonds is 5. The molecule has 1 aromatic carbocycles. The van der Waals surface area contributed by atoms with Crippen LogP contribution in [0.25, 0.3) is 11.0 Å². The van der Waals surface area contributed by atoms with E-state index in [-0.39, 0.29) is 5.82 Å². The number of nitrogens with zero attached hydrogens (tertiary/aromatic N) is 5. The van der Waals surface area contributed by atoms with Crippen LogP contribution in [-0.2, 0) is 11.2 Å². The van der Waals surface area contributed by atoms with Crippen LogP contribution >= 0.6 is 0 Å². The van der Waals surface area contributed by atoms with E-state index in [0.29, 0.717) is 31.3 Å². The Bertz CT molecular complexity index is 1200. The number of ether oxygens (including phenoxy) is 1. The summed E-state index contributed by atoms with van der Waals surface area (Å²) < 4.78 is 19.1. The van der Waals surface area contributed by atoms with E-state index in [0.717, 1.165) is 41.1 Å². The lowest BCUT2D eigenvalue weighted by Crippen LogP contribution is -2.37. The number of pyridine rings is 2. The van der Waals surface area contributed by atoms with Crippen LogP contribution in [0.4, 0.5) is 21.8 Å². The predicted octanol–water partition coefficient (Wildman–Crippen LogP) is 3.73. The first kappa shape index (κ1) is 19.3. The van der Waals surface area contributed by atoms with Crippen molar-refractivity contribution in [3.8, 4) is 0 Å². The van der Waals surface area contributed by atoms with Crippen molar-refractivity contribution in [1.29, 1.82) is 0 Å². The van der Waals surface area contributed by atoms with Crippen molar-refractivity contribution in [1.82, 2.24) is 19.9 Å². The molecule has 1 aliphatic rings. The molecule has 0 aliphatic carbocycles. The molecule has 0 bridgehead atoms. The van der Waals surface area contributed by atoms with Gasteiger partial charge in [-0.15, -0.1) is 0 Å². The van der Waals surface area contributed by atoms with Gasteiger partial charge in [0, 0.05) is 43.8 Å². The molecule has 31 heavy (non-hydrogen) atoms. The second-order valence-electron chi connectivity index (χ2n) is 7.35. The summed E-state index contributed by atoms with van der Waals surface area (Å²) in [5.41, 5.74) is 4.19. The van der Waals surface area contributed by atoms with E-state index >= 15 is 0 Å². The Morgan fingerprint density at radius 3 is 2.71 bits per heavy atom. The zero-order valence-electron chi connectivity index (χ0n) is 16.8. The first-order chi connectivity index (χ1) is 15.2. The largest absolute Gasteiger partial charge is 0.378 e. The van der Waals surface area contributed by atoms with Gasteiger partial charge < -0.3 is 15.0 Å². The third-order valence-electron chi connectivity index (χ3n) is 5.10. The molecule has 4 aromatic rings. The van der Waals surface area contributed by atoms with Gasteiger partial charge in [0.05, 0.1) is 18.7 Å². The summed E-state index contributed by atoms with van der Waals surface area (Å²) in [7, 11) is 0. The van der Waals surface area contributed by atoms with Crippen molar-refractivity contribution in [2.75, 3.05) is 36.5 Å². The average molecular weight is 416 g/mol. The van der Waals surface area contributed by atoms with E-state index in [9.17, 15) is 4.39 Å². The minimum atomic E-state index is -0.320. The molecule has 1 saturated heterocycles. The summed E-state index contributed by atoms with van der Waals surface area (Å²) in [5.74, 6) is 0.833. The lowest BCUT2D eigenvalue weighted by Gasteiger charge is -2.28. The van der Waals surface area contributed by atoms with Crippen molar-refractivity contribution in [3.05, 3.63) is 78.0 Å². The highest BCUT2D eigenvalue weighted by Gasteiger charge is 2.19. The van der Waals surface area contributed by atoms with E-state index in [2.05, 4.69) is 20.2 Å². The van der Waals surface area contributed by atoms with Gasteiger partial charge in [0.1, 0.15) is 11.3 Å². The highest BCUT2D eigenvalue weighted by molar-refractivity contribution is 5.87. The van der Waals surface area contributed by atoms with E-state index in [1.165, 1.54) is 12.1 Å². The van der Waals surface area contributed by atoms with Gasteiger partial charge in [-0.25, -0.2) is 9.37 Å². The summed E-state index contributed by atoms with van der Waals surface area (Å²) in [4.78, 5) is 20.4. The van der Waals surface area contributed by atoms with Crippen molar-refractivity contribution in [2.24, 2.45) is 0 Å². The number of morpholine rings is 1. The molecular formula is C23H21FN6O. The predicted molar refractivity (Wildman–Crippen MR) is 117 cm³/mol. The molecule has 7 nitrogen and oxygen atoms in total. The number of hydrogen-bond donors (Lipinski definition) is 1. The number of aromatic nitrogens is 4. The van der Waals surface area contributed by atoms with E-state index < -0.39 is 0 Å². The second kappa shape index (κ2) is 8.61. The molecule has 4 heterocycles. The number of halogens is 1. The number of hydrogen-bond acceptors (Lipinski definition) is 7. The molecule has 0 amide bonds. The highest BCUT2D eigenvalue weighted by Crippen LogP contribution is 2.27. The Balaban J connectivity index is 1.55. The van der Waals surface area contributed by atoms with E-state index in [4.69, 9.17) is 14.7 Å². The molecule has 0 atom stereocenters. The Morgan fingerprint density at radius 1 is 1.00 bits per heavy atom. The third-order valence-corrected chi connectivity index (χ3v) is 5.10. The first-order valence-electron chi connectivity index (χ1n) is 10.2. The Morgan fingerprint density at radius 2 is 1.90 bits per heavy atom. The van der Waals surface area contributed by atoms with Crippen LogP contribution in [0, 0.1) is 5.82 Å². The van der Waals surface area contributed by atoms with Gasteiger partial charge in [-0.3, -0.25) is 9.97 Å². The van der Waals surface area contributed by atoms with Gasteiger partial charge in [0.15, 0.2) is 5.82 Å². The molecule has 8 heteroatoms. The van der Waals surface area contributed by atoms with Gasteiger partial charge in [-0.1, -0.05) is 12.1 Å². The van der Waals surface area contributed by atoms with Crippen LogP contribution in [0.1, 0.15) is 11.1 Å². The highest BCUT2D eigenvalue weighted by atomic mass is 19.1. The lowest BCUT2D eigenvalue weighted by molar-refractivity contribution is 0.122. The molecule has 1 N–H and O–H groups in total. The van der Waals surface area contributed by atoms with Crippen LogP contribution in [0.2, 0.25) is 0 Å². The fourth-order valence-corrected chi connectivity index (χ4v) is 3.63. The number of nitrogens with one attached hydrogen (secondary N) is 1. The smallest absolute Gasteiger partial charge is 0.229 e. The maximum atomic E-state index is 13.6. The van der Waals surface area contributed by atoms with Gasteiger partial charge in [-0.2, -0.15) is 4.98 Å². The molecule has 0 spiro atoms. The Labute approximate surface area is 179 Å². The van der Waals surface area contributed by atoms with Crippen LogP contribution in [0.5, 0.6) is 0 Å². The van der Waals surface area contributed by atoms with Crippen LogP contribution in [-0.4, -0.2) is 46.2 Å². The number of fused-ring (bicyclic) bond motifs is 1. The standard InChI is InChI=1S/C23H21FN6O/c24-18-4-1-5-19(13-18)27-23-28-20-12-17(11-16-3-2-6-25-14-16)15-26-21(20)22(29-23)30-7-9-31-10-8-30/h1-6,12-15H,7-11H2,(H,27,28,29). The maximum absolute atomic E-state index is 13.6. The van der Waals surface area contributed by atoms with Gasteiger partial charge in [-0.05, 0) is 41.5 Å². The van der Waals surface area contributed by atoms with Crippen molar-refractivity contribution in [2.45, 2.75) is 6.42 Å². The third kappa shape index (κ3) is 4.44. The summed E-state index contributed by atoms with van der Waals surface area (Å²) in [5, 5.41) is 3.13. The summed E-state index contributed by atoms with van der Waals surface area (Å²) in [6.07, 6.45) is 6.18. The zero-order valence-corrected chi connectivity index (χ0v) is 16.8. The minimum absolute atomic E-state index is 0.320. The topological polar surface area (TPSA) is 76.1 Å². The molecule has 1 aliphatic heterocycles. The molecule has 0 unspecified atom stereocenters. The lowest BCUT2D eigenvalue weighted by atomic mass is 10.1. The second-order valence-corrected chi connectivity index (χ2v) is 7.35. The molecule has 156 valence electrons.